The van der Waals surface area contributed by atoms with E-state index in [9.17, 15) is 9.59 Å². The number of ether oxygens (including phenoxy) is 4. The zero-order valence-corrected chi connectivity index (χ0v) is 19.1. The van der Waals surface area contributed by atoms with Crippen LogP contribution in [0.1, 0.15) is 16.8 Å². The lowest BCUT2D eigenvalue weighted by Crippen LogP contribution is -2.29. The SMILES string of the molecule is COCCCNC(=O)Nc1ccc(Oc2ccnc3cc(OCCOC)c(C(N)=O)cc23)cc1. The van der Waals surface area contributed by atoms with Gasteiger partial charge in [0.1, 0.15) is 23.9 Å². The number of nitrogens with two attached hydrogens (primary N) is 1. The molecule has 3 amide bonds. The van der Waals surface area contributed by atoms with Crippen LogP contribution in [0.2, 0.25) is 0 Å². The molecule has 0 aliphatic rings. The summed E-state index contributed by atoms with van der Waals surface area (Å²) in [6.07, 6.45) is 2.33. The minimum absolute atomic E-state index is 0.220. The lowest BCUT2D eigenvalue weighted by molar-refractivity contribution is 0.0992. The van der Waals surface area contributed by atoms with Gasteiger partial charge in [0.15, 0.2) is 0 Å². The zero-order valence-electron chi connectivity index (χ0n) is 19.1. The summed E-state index contributed by atoms with van der Waals surface area (Å²) in [4.78, 5) is 28.3. The number of pyridine rings is 1. The molecule has 0 spiro atoms. The highest BCUT2D eigenvalue weighted by Gasteiger charge is 2.15. The standard InChI is InChI=1S/C24H28N4O6/c1-31-11-3-9-27-24(30)28-16-4-6-17(7-5-16)34-21-8-10-26-20-15-22(33-13-12-32-2)19(23(25)29)14-18(20)21/h4-8,10,14-15H,3,9,11-13H2,1-2H3,(H2,25,29)(H2,27,28,30). The van der Waals surface area contributed by atoms with E-state index in [0.717, 1.165) is 6.42 Å². The second kappa shape index (κ2) is 12.4. The summed E-state index contributed by atoms with van der Waals surface area (Å²) in [5, 5.41) is 6.11. The van der Waals surface area contributed by atoms with Crippen molar-refractivity contribution in [2.45, 2.75) is 6.42 Å². The largest absolute Gasteiger partial charge is 0.490 e. The summed E-state index contributed by atoms with van der Waals surface area (Å²) in [6, 6.07) is 11.6. The fraction of sp³-hybridized carbons (Fsp3) is 0.292. The fourth-order valence-corrected chi connectivity index (χ4v) is 3.11. The van der Waals surface area contributed by atoms with E-state index in [1.807, 2.05) is 0 Å². The second-order valence-electron chi connectivity index (χ2n) is 7.23. The molecule has 0 fully saturated rings. The summed E-state index contributed by atoms with van der Waals surface area (Å²) in [5.41, 5.74) is 6.97. The number of anilines is 1. The number of hydrogen-bond donors (Lipinski definition) is 3. The fourth-order valence-electron chi connectivity index (χ4n) is 3.11. The van der Waals surface area contributed by atoms with Crippen LogP contribution in [0.25, 0.3) is 10.9 Å². The van der Waals surface area contributed by atoms with Crippen molar-refractivity contribution < 1.29 is 28.5 Å². The van der Waals surface area contributed by atoms with Gasteiger partial charge in [0.05, 0.1) is 17.7 Å². The number of benzene rings is 2. The van der Waals surface area contributed by atoms with Crippen LogP contribution in [0, 0.1) is 0 Å². The van der Waals surface area contributed by atoms with Gasteiger partial charge >= 0.3 is 6.03 Å². The van der Waals surface area contributed by atoms with Gasteiger partial charge in [-0.2, -0.15) is 0 Å². The van der Waals surface area contributed by atoms with E-state index in [4.69, 9.17) is 24.7 Å². The predicted molar refractivity (Wildman–Crippen MR) is 128 cm³/mol. The van der Waals surface area contributed by atoms with Gasteiger partial charge in [-0.25, -0.2) is 4.79 Å². The molecule has 34 heavy (non-hydrogen) atoms. The molecule has 0 aliphatic heterocycles. The normalized spacial score (nSPS) is 10.6. The molecule has 10 heteroatoms. The number of nitrogens with one attached hydrogen (secondary N) is 2. The molecular weight excluding hydrogens is 440 g/mol. The molecule has 3 rings (SSSR count). The van der Waals surface area contributed by atoms with Gasteiger partial charge in [0.25, 0.3) is 5.91 Å². The Morgan fingerprint density at radius 3 is 2.44 bits per heavy atom. The van der Waals surface area contributed by atoms with Crippen LogP contribution in [0.5, 0.6) is 17.2 Å². The third-order valence-corrected chi connectivity index (χ3v) is 4.76. The zero-order chi connectivity index (χ0) is 24.3. The van der Waals surface area contributed by atoms with E-state index in [1.165, 1.54) is 0 Å². The summed E-state index contributed by atoms with van der Waals surface area (Å²) in [6.45, 7) is 1.73. The molecule has 0 saturated carbocycles. The van der Waals surface area contributed by atoms with Crippen LogP contribution >= 0.6 is 0 Å². The Morgan fingerprint density at radius 1 is 0.971 bits per heavy atom. The summed E-state index contributed by atoms with van der Waals surface area (Å²) < 4.78 is 21.6. The molecule has 10 nitrogen and oxygen atoms in total. The van der Waals surface area contributed by atoms with Crippen LogP contribution < -0.4 is 25.8 Å². The van der Waals surface area contributed by atoms with E-state index >= 15 is 0 Å². The van der Waals surface area contributed by atoms with E-state index in [-0.39, 0.29) is 18.2 Å². The lowest BCUT2D eigenvalue weighted by atomic mass is 10.1. The number of amides is 3. The molecule has 2 aromatic carbocycles. The second-order valence-corrected chi connectivity index (χ2v) is 7.23. The van der Waals surface area contributed by atoms with Crippen molar-refractivity contribution in [2.75, 3.05) is 45.9 Å². The number of aromatic nitrogens is 1. The summed E-state index contributed by atoms with van der Waals surface area (Å²) in [5.74, 6) is 0.741. The van der Waals surface area contributed by atoms with Crippen molar-refractivity contribution >= 4 is 28.5 Å². The van der Waals surface area contributed by atoms with E-state index in [0.29, 0.717) is 53.6 Å². The highest BCUT2D eigenvalue weighted by atomic mass is 16.5. The molecule has 0 atom stereocenters. The molecule has 180 valence electrons. The maximum atomic E-state index is 12.0. The van der Waals surface area contributed by atoms with Crippen molar-refractivity contribution in [1.82, 2.24) is 10.3 Å². The summed E-state index contributed by atoms with van der Waals surface area (Å²) >= 11 is 0. The topological polar surface area (TPSA) is 134 Å². The van der Waals surface area contributed by atoms with Crippen LogP contribution in [0.3, 0.4) is 0 Å². The van der Waals surface area contributed by atoms with E-state index < -0.39 is 5.91 Å². The number of primary amides is 1. The Hall–Kier alpha value is -3.89. The number of methoxy groups -OCH3 is 2. The molecule has 0 radical (unpaired) electrons. The average Bonchev–Trinajstić information content (AvgIpc) is 2.83. The smallest absolute Gasteiger partial charge is 0.319 e. The number of rotatable bonds is 12. The van der Waals surface area contributed by atoms with Crippen LogP contribution in [-0.2, 0) is 9.47 Å². The van der Waals surface area contributed by atoms with Crippen molar-refractivity contribution in [2.24, 2.45) is 5.73 Å². The van der Waals surface area contributed by atoms with Crippen molar-refractivity contribution in [3.8, 4) is 17.2 Å². The summed E-state index contributed by atoms with van der Waals surface area (Å²) in [7, 11) is 3.18. The maximum absolute atomic E-state index is 12.0. The van der Waals surface area contributed by atoms with Crippen molar-refractivity contribution in [3.05, 3.63) is 54.2 Å². The minimum atomic E-state index is -0.625. The van der Waals surface area contributed by atoms with Crippen molar-refractivity contribution in [1.29, 1.82) is 0 Å². The molecule has 0 saturated heterocycles. The molecule has 0 unspecified atom stereocenters. The molecule has 0 aliphatic carbocycles. The predicted octanol–water partition coefficient (Wildman–Crippen LogP) is 3.31. The number of carbonyl (C=O) groups excluding carboxylic acids is 2. The van der Waals surface area contributed by atoms with E-state index in [1.54, 1.807) is 62.9 Å². The van der Waals surface area contributed by atoms with Gasteiger partial charge in [-0.3, -0.25) is 9.78 Å². The van der Waals surface area contributed by atoms with Gasteiger partial charge in [0.2, 0.25) is 0 Å². The Balaban J connectivity index is 1.73. The molecule has 0 bridgehead atoms. The number of hydrogen-bond acceptors (Lipinski definition) is 7. The van der Waals surface area contributed by atoms with Gasteiger partial charge < -0.3 is 35.3 Å². The third kappa shape index (κ3) is 6.80. The van der Waals surface area contributed by atoms with Crippen LogP contribution in [0.15, 0.2) is 48.7 Å². The molecule has 1 heterocycles. The van der Waals surface area contributed by atoms with Gasteiger partial charge in [-0.05, 0) is 42.8 Å². The first-order valence-corrected chi connectivity index (χ1v) is 10.7. The highest BCUT2D eigenvalue weighted by molar-refractivity contribution is 6.01. The number of urea groups is 1. The number of nitrogens with zero attached hydrogens (tertiary/aromatic N) is 1. The molecule has 1 aromatic heterocycles. The van der Waals surface area contributed by atoms with Gasteiger partial charge in [-0.1, -0.05) is 0 Å². The van der Waals surface area contributed by atoms with Crippen LogP contribution in [-0.4, -0.2) is 57.5 Å². The van der Waals surface area contributed by atoms with Gasteiger partial charge in [0, 0.05) is 50.7 Å². The minimum Gasteiger partial charge on any atom is -0.490 e. The number of fused-ring (bicyclic) bond motifs is 1. The van der Waals surface area contributed by atoms with Gasteiger partial charge in [-0.15, -0.1) is 0 Å². The molecule has 4 N–H and O–H groups in total. The highest BCUT2D eigenvalue weighted by Crippen LogP contribution is 2.33. The van der Waals surface area contributed by atoms with E-state index in [2.05, 4.69) is 15.6 Å². The van der Waals surface area contributed by atoms with Crippen LogP contribution in [0.4, 0.5) is 10.5 Å². The number of carbonyl (C=O) groups is 2. The third-order valence-electron chi connectivity index (χ3n) is 4.76. The first-order valence-electron chi connectivity index (χ1n) is 10.7. The van der Waals surface area contributed by atoms with Crippen molar-refractivity contribution in [3.63, 3.8) is 0 Å². The Morgan fingerprint density at radius 2 is 1.74 bits per heavy atom. The Bertz CT molecular complexity index is 1120. The quantitative estimate of drug-likeness (QED) is 0.347. The molecule has 3 aromatic rings. The maximum Gasteiger partial charge on any atom is 0.319 e. The first-order chi connectivity index (χ1) is 16.5. The average molecular weight is 469 g/mol. The first kappa shape index (κ1) is 24.7. The lowest BCUT2D eigenvalue weighted by Gasteiger charge is -2.13. The Kier molecular flexibility index (Phi) is 9.01. The molecular formula is C24H28N4O6. The Labute approximate surface area is 197 Å². The monoisotopic (exact) mass is 468 g/mol.